The van der Waals surface area contributed by atoms with Crippen LogP contribution >= 0.6 is 0 Å². The van der Waals surface area contributed by atoms with Crippen LogP contribution in [0.2, 0.25) is 0 Å². The second-order valence-electron chi connectivity index (χ2n) is 2.45. The molecule has 0 bridgehead atoms. The lowest BCUT2D eigenvalue weighted by Gasteiger charge is -2.12. The summed E-state index contributed by atoms with van der Waals surface area (Å²) in [5, 5.41) is 18.0. The van der Waals surface area contributed by atoms with Gasteiger partial charge in [0.25, 0.3) is 0 Å². The molecule has 0 rings (SSSR count). The van der Waals surface area contributed by atoms with Crippen LogP contribution in [0.15, 0.2) is 25.3 Å². The van der Waals surface area contributed by atoms with Crippen molar-refractivity contribution in [2.24, 2.45) is 0 Å². The number of hydrogen-bond donors (Lipinski definition) is 2. The van der Waals surface area contributed by atoms with E-state index >= 15 is 0 Å². The third kappa shape index (κ3) is 6.36. The third-order valence-electron chi connectivity index (χ3n) is 1.25. The fourth-order valence-electron chi connectivity index (χ4n) is 0.563. The molecule has 0 aromatic carbocycles. The first kappa shape index (κ1) is 12.8. The summed E-state index contributed by atoms with van der Waals surface area (Å²) in [5.74, 6) is -0.617. The molecular weight excluding hydrogens is 188 g/mol. The van der Waals surface area contributed by atoms with Crippen LogP contribution in [-0.2, 0) is 14.3 Å². The Morgan fingerprint density at radius 1 is 1.36 bits per heavy atom. The summed E-state index contributed by atoms with van der Waals surface area (Å²) in [6, 6.07) is 0. The lowest BCUT2D eigenvalue weighted by Crippen LogP contribution is -2.25. The van der Waals surface area contributed by atoms with Crippen LogP contribution in [0.25, 0.3) is 0 Å². The highest BCUT2D eigenvalue weighted by atomic mass is 16.6. The molecular formula is C9H14O5. The zero-order valence-corrected chi connectivity index (χ0v) is 7.76. The fourth-order valence-corrected chi connectivity index (χ4v) is 0.563. The van der Waals surface area contributed by atoms with Crippen molar-refractivity contribution in [3.05, 3.63) is 25.3 Å². The maximum atomic E-state index is 10.6. The zero-order valence-electron chi connectivity index (χ0n) is 7.76. The minimum Gasteiger partial charge on any atom is -0.460 e. The Balaban J connectivity index is 3.54. The van der Waals surface area contributed by atoms with E-state index in [4.69, 9.17) is 10.2 Å². The molecule has 0 saturated heterocycles. The molecule has 0 heterocycles. The van der Waals surface area contributed by atoms with Gasteiger partial charge in [0.15, 0.2) is 6.29 Å². The molecule has 0 aliphatic rings. The van der Waals surface area contributed by atoms with Crippen LogP contribution in [0, 0.1) is 0 Å². The fraction of sp³-hybridized carbons (Fsp3) is 0.444. The molecule has 2 N–H and O–H groups in total. The standard InChI is InChI=1S/C9H14O5/c1-3-8(11)13-5-7(10)6-14-9(12)4-2/h3-4,7-8,10-11H,1-2,5-6H2. The van der Waals surface area contributed by atoms with Crippen molar-refractivity contribution in [1.82, 2.24) is 0 Å². The average Bonchev–Trinajstić information content (AvgIpc) is 2.22. The molecule has 0 aliphatic heterocycles. The summed E-state index contributed by atoms with van der Waals surface area (Å²) in [6.07, 6.45) is 0.0579. The molecule has 5 nitrogen and oxygen atoms in total. The molecule has 0 amide bonds. The van der Waals surface area contributed by atoms with Crippen LogP contribution < -0.4 is 0 Å². The SMILES string of the molecule is C=CC(=O)OCC(O)COC(O)C=C. The van der Waals surface area contributed by atoms with Gasteiger partial charge < -0.3 is 19.7 Å². The van der Waals surface area contributed by atoms with E-state index in [-0.39, 0.29) is 13.2 Å². The summed E-state index contributed by atoms with van der Waals surface area (Å²) in [6.45, 7) is 6.12. The summed E-state index contributed by atoms with van der Waals surface area (Å²) >= 11 is 0. The number of rotatable bonds is 7. The molecule has 80 valence electrons. The number of carbonyl (C=O) groups is 1. The third-order valence-corrected chi connectivity index (χ3v) is 1.25. The van der Waals surface area contributed by atoms with Crippen LogP contribution in [0.4, 0.5) is 0 Å². The molecule has 0 spiro atoms. The predicted octanol–water partition coefficient (Wildman–Crippen LogP) is -0.403. The molecule has 0 radical (unpaired) electrons. The van der Waals surface area contributed by atoms with Crippen molar-refractivity contribution in [2.75, 3.05) is 13.2 Å². The summed E-state index contributed by atoms with van der Waals surface area (Å²) < 4.78 is 9.21. The van der Waals surface area contributed by atoms with Gasteiger partial charge in [0.1, 0.15) is 12.7 Å². The van der Waals surface area contributed by atoms with Crippen molar-refractivity contribution >= 4 is 5.97 Å². The van der Waals surface area contributed by atoms with E-state index in [0.717, 1.165) is 6.08 Å². The molecule has 0 aromatic heterocycles. The van der Waals surface area contributed by atoms with Gasteiger partial charge >= 0.3 is 5.97 Å². The molecule has 2 atom stereocenters. The second kappa shape index (κ2) is 7.25. The van der Waals surface area contributed by atoms with Gasteiger partial charge in [0.2, 0.25) is 0 Å². The number of aliphatic hydroxyl groups excluding tert-OH is 2. The Morgan fingerprint density at radius 3 is 2.50 bits per heavy atom. The van der Waals surface area contributed by atoms with Crippen molar-refractivity contribution < 1.29 is 24.5 Å². The summed E-state index contributed by atoms with van der Waals surface area (Å²) in [4.78, 5) is 10.6. The lowest BCUT2D eigenvalue weighted by atomic mass is 10.4. The van der Waals surface area contributed by atoms with E-state index in [0.29, 0.717) is 0 Å². The molecule has 2 unspecified atom stereocenters. The number of aliphatic hydroxyl groups is 2. The zero-order chi connectivity index (χ0) is 11.0. The van der Waals surface area contributed by atoms with Crippen LogP contribution in [-0.4, -0.2) is 41.8 Å². The van der Waals surface area contributed by atoms with Gasteiger partial charge in [-0.15, -0.1) is 0 Å². The van der Waals surface area contributed by atoms with Gasteiger partial charge in [-0.2, -0.15) is 0 Å². The molecule has 14 heavy (non-hydrogen) atoms. The molecule has 0 aromatic rings. The molecule has 0 saturated carbocycles. The first-order valence-electron chi connectivity index (χ1n) is 3.99. The lowest BCUT2D eigenvalue weighted by molar-refractivity contribution is -0.144. The van der Waals surface area contributed by atoms with Gasteiger partial charge in [0, 0.05) is 6.08 Å². The normalized spacial score (nSPS) is 14.1. The summed E-state index contributed by atoms with van der Waals surface area (Å²) in [5.41, 5.74) is 0. The first-order chi connectivity index (χ1) is 6.60. The van der Waals surface area contributed by atoms with Gasteiger partial charge in [-0.3, -0.25) is 0 Å². The van der Waals surface area contributed by atoms with E-state index in [9.17, 15) is 4.79 Å². The Labute approximate surface area is 82.3 Å². The Hall–Kier alpha value is -1.17. The minimum absolute atomic E-state index is 0.141. The molecule has 0 fully saturated rings. The number of carbonyl (C=O) groups excluding carboxylic acids is 1. The van der Waals surface area contributed by atoms with Gasteiger partial charge in [0.05, 0.1) is 6.61 Å². The first-order valence-corrected chi connectivity index (χ1v) is 3.99. The maximum Gasteiger partial charge on any atom is 0.330 e. The van der Waals surface area contributed by atoms with Crippen molar-refractivity contribution in [3.8, 4) is 0 Å². The van der Waals surface area contributed by atoms with E-state index in [1.165, 1.54) is 6.08 Å². The predicted molar refractivity (Wildman–Crippen MR) is 49.3 cm³/mol. The number of ether oxygens (including phenoxy) is 2. The number of hydrogen-bond acceptors (Lipinski definition) is 5. The summed E-state index contributed by atoms with van der Waals surface area (Å²) in [7, 11) is 0. The Bertz CT molecular complexity index is 201. The monoisotopic (exact) mass is 202 g/mol. The minimum atomic E-state index is -1.13. The highest BCUT2D eigenvalue weighted by Gasteiger charge is 2.08. The van der Waals surface area contributed by atoms with Crippen molar-refractivity contribution in [2.45, 2.75) is 12.4 Å². The van der Waals surface area contributed by atoms with Crippen LogP contribution in [0.1, 0.15) is 0 Å². The largest absolute Gasteiger partial charge is 0.460 e. The van der Waals surface area contributed by atoms with Gasteiger partial charge in [-0.05, 0) is 6.08 Å². The topological polar surface area (TPSA) is 76.0 Å². The smallest absolute Gasteiger partial charge is 0.330 e. The second-order valence-corrected chi connectivity index (χ2v) is 2.45. The van der Waals surface area contributed by atoms with E-state index in [1.807, 2.05) is 0 Å². The van der Waals surface area contributed by atoms with Crippen LogP contribution in [0.3, 0.4) is 0 Å². The average molecular weight is 202 g/mol. The van der Waals surface area contributed by atoms with E-state index in [1.54, 1.807) is 0 Å². The number of esters is 1. The maximum absolute atomic E-state index is 10.6. The van der Waals surface area contributed by atoms with Crippen molar-refractivity contribution in [3.63, 3.8) is 0 Å². The Morgan fingerprint density at radius 2 is 2.00 bits per heavy atom. The van der Waals surface area contributed by atoms with E-state index < -0.39 is 18.4 Å². The molecule has 0 aliphatic carbocycles. The Kier molecular flexibility index (Phi) is 6.65. The van der Waals surface area contributed by atoms with Gasteiger partial charge in [-0.1, -0.05) is 13.2 Å². The molecule has 5 heteroatoms. The van der Waals surface area contributed by atoms with E-state index in [2.05, 4.69) is 22.6 Å². The van der Waals surface area contributed by atoms with Gasteiger partial charge in [-0.25, -0.2) is 4.79 Å². The van der Waals surface area contributed by atoms with Crippen molar-refractivity contribution in [1.29, 1.82) is 0 Å². The highest BCUT2D eigenvalue weighted by Crippen LogP contribution is 1.93. The highest BCUT2D eigenvalue weighted by molar-refractivity contribution is 5.81. The quantitative estimate of drug-likeness (QED) is 0.254. The van der Waals surface area contributed by atoms with Crippen LogP contribution in [0.5, 0.6) is 0 Å².